The van der Waals surface area contributed by atoms with Gasteiger partial charge in [0.25, 0.3) is 0 Å². The number of ether oxygens (including phenoxy) is 4. The van der Waals surface area contributed by atoms with E-state index in [0.717, 1.165) is 57.0 Å². The van der Waals surface area contributed by atoms with E-state index in [2.05, 4.69) is 15.7 Å². The van der Waals surface area contributed by atoms with Crippen molar-refractivity contribution in [1.29, 1.82) is 0 Å². The topological polar surface area (TPSA) is 102 Å². The fourth-order valence-electron chi connectivity index (χ4n) is 8.78. The van der Waals surface area contributed by atoms with Gasteiger partial charge in [-0.25, -0.2) is 9.18 Å². The Bertz CT molecular complexity index is 2050. The number of amides is 1. The minimum absolute atomic E-state index is 0.0206. The Labute approximate surface area is 303 Å². The molecule has 4 aromatic rings. The largest absolute Gasteiger partial charge is 0.468 e. The minimum atomic E-state index is -0.611. The van der Waals surface area contributed by atoms with Gasteiger partial charge in [-0.05, 0) is 96.0 Å². The summed E-state index contributed by atoms with van der Waals surface area (Å²) >= 11 is 0. The summed E-state index contributed by atoms with van der Waals surface area (Å²) in [5.74, 6) is 3.17. The van der Waals surface area contributed by atoms with Crippen LogP contribution in [0.4, 0.5) is 15.0 Å². The predicted molar refractivity (Wildman–Crippen MR) is 196 cm³/mol. The summed E-state index contributed by atoms with van der Waals surface area (Å²) in [6, 6.07) is 9.15. The number of terminal acetylenes is 1. The number of piperazine rings is 1. The Morgan fingerprint density at radius 1 is 1.08 bits per heavy atom. The van der Waals surface area contributed by atoms with Gasteiger partial charge in [-0.2, -0.15) is 9.97 Å². The second-order valence-corrected chi connectivity index (χ2v) is 15.5. The highest BCUT2D eigenvalue weighted by atomic mass is 19.1. The van der Waals surface area contributed by atoms with Crippen molar-refractivity contribution in [3.63, 3.8) is 0 Å². The third-order valence-electron chi connectivity index (χ3n) is 11.0. The van der Waals surface area contributed by atoms with E-state index in [1.807, 2.05) is 49.9 Å². The van der Waals surface area contributed by atoms with Crippen molar-refractivity contribution < 1.29 is 28.1 Å². The number of nitrogens with zero attached hydrogens (tertiary/aromatic N) is 6. The Morgan fingerprint density at radius 2 is 1.83 bits per heavy atom. The smallest absolute Gasteiger partial charge is 0.410 e. The van der Waals surface area contributed by atoms with Crippen LogP contribution in [0.5, 0.6) is 11.8 Å². The Morgan fingerprint density at radius 3 is 2.52 bits per heavy atom. The number of carbonyl (C=O) groups excluding carboxylic acids is 1. The van der Waals surface area contributed by atoms with E-state index >= 15 is 4.39 Å². The number of hydrogen-bond acceptors (Lipinski definition) is 10. The lowest BCUT2D eigenvalue weighted by Gasteiger charge is -2.42. The van der Waals surface area contributed by atoms with E-state index in [4.69, 9.17) is 40.3 Å². The molecule has 6 heterocycles. The molecule has 11 nitrogen and oxygen atoms in total. The normalized spacial score (nSPS) is 21.1. The molecule has 0 N–H and O–H groups in total. The zero-order valence-corrected chi connectivity index (χ0v) is 30.3. The second kappa shape index (κ2) is 13.4. The van der Waals surface area contributed by atoms with E-state index in [0.29, 0.717) is 53.2 Å². The zero-order chi connectivity index (χ0) is 36.2. The average molecular weight is 709 g/mol. The number of fused-ring (bicyclic) bond motifs is 5. The molecule has 0 radical (unpaired) electrons. The summed E-state index contributed by atoms with van der Waals surface area (Å²) in [7, 11) is 1.54. The number of aromatic nitrogens is 3. The lowest BCUT2D eigenvalue weighted by molar-refractivity contribution is 0.0122. The number of halogens is 1. The van der Waals surface area contributed by atoms with Gasteiger partial charge in [-0.3, -0.25) is 14.8 Å². The molecule has 52 heavy (non-hydrogen) atoms. The molecule has 2 aromatic heterocycles. The van der Waals surface area contributed by atoms with Crippen LogP contribution in [0.1, 0.15) is 64.9 Å². The molecular weight excluding hydrogens is 663 g/mol. The van der Waals surface area contributed by atoms with Gasteiger partial charge in [0, 0.05) is 42.9 Å². The van der Waals surface area contributed by atoms with Crippen LogP contribution >= 0.6 is 0 Å². The highest BCUT2D eigenvalue weighted by Crippen LogP contribution is 2.42. The van der Waals surface area contributed by atoms with Crippen LogP contribution in [0.25, 0.3) is 32.9 Å². The monoisotopic (exact) mass is 708 g/mol. The van der Waals surface area contributed by atoms with Crippen LogP contribution in [-0.2, 0) is 9.47 Å². The van der Waals surface area contributed by atoms with Crippen LogP contribution in [0.3, 0.4) is 0 Å². The molecular formula is C40H45FN6O5. The first kappa shape index (κ1) is 34.4. The average Bonchev–Trinajstić information content (AvgIpc) is 3.79. The quantitative estimate of drug-likeness (QED) is 0.148. The fourth-order valence-corrected chi connectivity index (χ4v) is 8.78. The lowest BCUT2D eigenvalue weighted by atomic mass is 9.95. The number of carbonyl (C=O) groups is 1. The molecule has 2 atom stereocenters. The number of hydrogen-bond donors (Lipinski definition) is 0. The summed E-state index contributed by atoms with van der Waals surface area (Å²) in [6.07, 6.45) is 13.3. The third-order valence-corrected chi connectivity index (χ3v) is 11.0. The maximum absolute atomic E-state index is 17.3. The Hall–Kier alpha value is -4.73. The van der Waals surface area contributed by atoms with Gasteiger partial charge in [-0.15, -0.1) is 6.42 Å². The first-order valence-electron chi connectivity index (χ1n) is 18.2. The van der Waals surface area contributed by atoms with Crippen molar-refractivity contribution >= 4 is 33.6 Å². The standard InChI is InChI=1S/C40H45FN6O5/c1-6-25-10-7-11-26-18-29(51-24-49-5)19-30(32(25)26)34-33(41)35-31(20-42-34)36(44-37(43-35)50-23-40-14-8-16-46(40)17-9-15-40)45-21-27-12-13-28(22-45)47(27)38(48)52-39(2,3)4/h1,7,10-11,18-20,27-28H,8-9,12-17,21-24H2,2-5H3. The molecule has 2 bridgehead atoms. The van der Waals surface area contributed by atoms with Crippen LogP contribution < -0.4 is 14.4 Å². The van der Waals surface area contributed by atoms with Gasteiger partial charge in [0.15, 0.2) is 12.6 Å². The summed E-state index contributed by atoms with van der Waals surface area (Å²) in [5, 5.41) is 1.93. The van der Waals surface area contributed by atoms with Gasteiger partial charge in [-0.1, -0.05) is 18.1 Å². The van der Waals surface area contributed by atoms with Crippen LogP contribution in [0.15, 0.2) is 36.5 Å². The van der Waals surface area contributed by atoms with Crippen molar-refractivity contribution in [1.82, 2.24) is 24.8 Å². The van der Waals surface area contributed by atoms with Gasteiger partial charge < -0.3 is 23.8 Å². The van der Waals surface area contributed by atoms with E-state index in [1.54, 1.807) is 19.4 Å². The maximum atomic E-state index is 17.3. The summed E-state index contributed by atoms with van der Waals surface area (Å²) in [5.41, 5.74) is 0.633. The SMILES string of the molecule is C#Cc1cccc2cc(OCOC)cc(-c3ncc4c(N5CC6CCC(C5)N6C(=O)OC(C)(C)C)nc(OCC56CCCN5CCC6)nc4c3F)c12. The molecule has 0 aliphatic carbocycles. The number of benzene rings is 2. The lowest BCUT2D eigenvalue weighted by Crippen LogP contribution is -2.57. The van der Waals surface area contributed by atoms with Crippen LogP contribution in [0, 0.1) is 18.2 Å². The minimum Gasteiger partial charge on any atom is -0.468 e. The molecule has 4 aliphatic rings. The number of pyridine rings is 1. The molecule has 2 unspecified atom stereocenters. The summed E-state index contributed by atoms with van der Waals surface area (Å²) < 4.78 is 40.5. The highest BCUT2D eigenvalue weighted by Gasteiger charge is 2.46. The molecule has 4 aliphatic heterocycles. The molecule has 4 saturated heterocycles. The Balaban J connectivity index is 1.23. The number of rotatable bonds is 8. The van der Waals surface area contributed by atoms with E-state index in [1.165, 1.54) is 0 Å². The molecule has 0 saturated carbocycles. The van der Waals surface area contributed by atoms with E-state index in [-0.39, 0.29) is 47.7 Å². The third kappa shape index (κ3) is 6.13. The van der Waals surface area contributed by atoms with Crippen LogP contribution in [-0.4, -0.2) is 101 Å². The number of anilines is 1. The summed E-state index contributed by atoms with van der Waals surface area (Å²) in [6.45, 7) is 9.23. The van der Waals surface area contributed by atoms with Crippen LogP contribution in [0.2, 0.25) is 0 Å². The molecule has 0 spiro atoms. The maximum Gasteiger partial charge on any atom is 0.410 e. The fraction of sp³-hybridized carbons (Fsp3) is 0.500. The molecule has 4 fully saturated rings. The molecule has 2 aromatic carbocycles. The van der Waals surface area contributed by atoms with Crippen molar-refractivity contribution in [2.24, 2.45) is 0 Å². The predicted octanol–water partition coefficient (Wildman–Crippen LogP) is 6.54. The zero-order valence-electron chi connectivity index (χ0n) is 30.3. The van der Waals surface area contributed by atoms with Crippen molar-refractivity contribution in [2.45, 2.75) is 82.5 Å². The van der Waals surface area contributed by atoms with Gasteiger partial charge in [0.05, 0.1) is 23.0 Å². The highest BCUT2D eigenvalue weighted by molar-refractivity contribution is 6.03. The van der Waals surface area contributed by atoms with Gasteiger partial charge >= 0.3 is 12.1 Å². The van der Waals surface area contributed by atoms with Crippen molar-refractivity contribution in [3.05, 3.63) is 47.9 Å². The van der Waals surface area contributed by atoms with E-state index < -0.39 is 11.4 Å². The molecule has 272 valence electrons. The van der Waals surface area contributed by atoms with Crippen molar-refractivity contribution in [2.75, 3.05) is 51.6 Å². The Kier molecular flexibility index (Phi) is 8.82. The summed E-state index contributed by atoms with van der Waals surface area (Å²) in [4.78, 5) is 34.2. The van der Waals surface area contributed by atoms with E-state index in [9.17, 15) is 4.79 Å². The van der Waals surface area contributed by atoms with Gasteiger partial charge in [0.1, 0.15) is 35.0 Å². The second-order valence-electron chi connectivity index (χ2n) is 15.5. The first-order chi connectivity index (χ1) is 25.1. The molecule has 8 rings (SSSR count). The number of methoxy groups -OCH3 is 1. The molecule has 12 heteroatoms. The van der Waals surface area contributed by atoms with Gasteiger partial charge in [0.2, 0.25) is 0 Å². The van der Waals surface area contributed by atoms with Crippen molar-refractivity contribution in [3.8, 4) is 35.4 Å². The molecule has 1 amide bonds. The first-order valence-corrected chi connectivity index (χ1v) is 18.2.